The third-order valence-corrected chi connectivity index (χ3v) is 6.59. The van der Waals surface area contributed by atoms with Crippen molar-refractivity contribution in [3.05, 3.63) is 71.8 Å². The van der Waals surface area contributed by atoms with Gasteiger partial charge in [-0.3, -0.25) is 19.3 Å². The lowest BCUT2D eigenvalue weighted by atomic mass is 9.98. The van der Waals surface area contributed by atoms with Crippen molar-refractivity contribution in [3.63, 3.8) is 0 Å². The van der Waals surface area contributed by atoms with Crippen LogP contribution in [-0.2, 0) is 19.9 Å². The van der Waals surface area contributed by atoms with E-state index >= 15 is 0 Å². The van der Waals surface area contributed by atoms with Crippen LogP contribution in [0, 0.1) is 0 Å². The number of aliphatic hydroxyl groups excluding tert-OH is 1. The predicted octanol–water partition coefficient (Wildman–Crippen LogP) is 3.39. The zero-order chi connectivity index (χ0) is 26.8. The van der Waals surface area contributed by atoms with Crippen LogP contribution in [-0.4, -0.2) is 71.6 Å². The highest BCUT2D eigenvalue weighted by Crippen LogP contribution is 2.36. The molecule has 0 aromatic heterocycles. The number of piperidine rings is 1. The first-order valence-corrected chi connectivity index (χ1v) is 13.4. The standard InChI is InChI=1S/C17H23NO3.C9H8N2.H2O4S/c1-18-13-7-8-14(18)10-15(9-13)21-17(20)16(11-19)12-5-3-2-4-6-12;1-2-6-9-8(4-1)5-3-7-10-11-9;1-5(2,3)4/h2-6,13-16,19H,7-11H2,1H3;1-7,11H;(H2,1,2,3,4)/t13-,14+,15+,16-;;/m1../s1. The monoisotopic (exact) mass is 531 g/mol. The molecule has 0 unspecified atom stereocenters. The highest BCUT2D eigenvalue weighted by atomic mass is 32.3. The Hall–Kier alpha value is -3.09. The Kier molecular flexibility index (Phi) is 10.4. The summed E-state index contributed by atoms with van der Waals surface area (Å²) in [5.74, 6) is -0.860. The van der Waals surface area contributed by atoms with Crippen LogP contribution >= 0.6 is 0 Å². The van der Waals surface area contributed by atoms with Crippen molar-refractivity contribution in [2.45, 2.75) is 49.8 Å². The van der Waals surface area contributed by atoms with Crippen LogP contribution in [0.25, 0.3) is 6.08 Å². The minimum Gasteiger partial charge on any atom is -0.462 e. The average Bonchev–Trinajstić information content (AvgIpc) is 3.05. The Morgan fingerprint density at radius 3 is 2.30 bits per heavy atom. The Bertz CT molecular complexity index is 1170. The van der Waals surface area contributed by atoms with Crippen molar-refractivity contribution in [3.8, 4) is 0 Å². The molecule has 0 saturated carbocycles. The van der Waals surface area contributed by atoms with E-state index in [-0.39, 0.29) is 18.7 Å². The maximum Gasteiger partial charge on any atom is 0.394 e. The number of allylic oxidation sites excluding steroid dienone is 1. The zero-order valence-corrected chi connectivity index (χ0v) is 21.4. The fraction of sp³-hybridized carbons (Fsp3) is 0.385. The smallest absolute Gasteiger partial charge is 0.394 e. The molecule has 10 nitrogen and oxygen atoms in total. The number of anilines is 1. The molecule has 2 aromatic carbocycles. The average molecular weight is 532 g/mol. The molecule has 0 radical (unpaired) electrons. The van der Waals surface area contributed by atoms with Crippen LogP contribution in [0.5, 0.6) is 0 Å². The van der Waals surface area contributed by atoms with E-state index < -0.39 is 16.3 Å². The van der Waals surface area contributed by atoms with Gasteiger partial charge in [-0.05, 0) is 56.0 Å². The lowest BCUT2D eigenvalue weighted by Crippen LogP contribution is -2.43. The molecule has 0 aliphatic carbocycles. The van der Waals surface area contributed by atoms with E-state index in [1.54, 1.807) is 6.21 Å². The number of hydrogen-bond donors (Lipinski definition) is 4. The van der Waals surface area contributed by atoms with E-state index in [2.05, 4.69) is 22.5 Å². The molecule has 2 saturated heterocycles. The molecule has 11 heteroatoms. The number of benzene rings is 2. The maximum absolute atomic E-state index is 12.4. The van der Waals surface area contributed by atoms with Gasteiger partial charge >= 0.3 is 16.4 Å². The number of carbonyl (C=O) groups excluding carboxylic acids is 1. The molecule has 3 aliphatic heterocycles. The lowest BCUT2D eigenvalue weighted by molar-refractivity contribution is -0.155. The molecular formula is C26H33N3O7S. The minimum absolute atomic E-state index is 0.00367. The van der Waals surface area contributed by atoms with Gasteiger partial charge < -0.3 is 14.7 Å². The molecule has 2 bridgehead atoms. The summed E-state index contributed by atoms with van der Waals surface area (Å²) >= 11 is 0. The fourth-order valence-corrected chi connectivity index (χ4v) is 4.75. The van der Waals surface area contributed by atoms with Crippen LogP contribution in [0.2, 0.25) is 0 Å². The van der Waals surface area contributed by atoms with Crippen LogP contribution in [0.3, 0.4) is 0 Å². The quantitative estimate of drug-likeness (QED) is 0.344. The molecule has 0 amide bonds. The largest absolute Gasteiger partial charge is 0.462 e. The second-order valence-corrected chi connectivity index (χ2v) is 9.91. The van der Waals surface area contributed by atoms with Gasteiger partial charge in [0.15, 0.2) is 0 Å². The highest BCUT2D eigenvalue weighted by molar-refractivity contribution is 7.79. The number of ether oxygens (including phenoxy) is 1. The number of hydrazone groups is 1. The second-order valence-electron chi connectivity index (χ2n) is 9.01. The number of hydrogen-bond acceptors (Lipinski definition) is 8. The third kappa shape index (κ3) is 9.06. The Morgan fingerprint density at radius 1 is 1.08 bits per heavy atom. The summed E-state index contributed by atoms with van der Waals surface area (Å²) < 4.78 is 37.3. The number of fused-ring (bicyclic) bond motifs is 3. The van der Waals surface area contributed by atoms with Crippen LogP contribution in [0.1, 0.15) is 42.7 Å². The first-order chi connectivity index (χ1) is 17.7. The second kappa shape index (κ2) is 13.5. The van der Waals surface area contributed by atoms with Crippen molar-refractivity contribution in [2.24, 2.45) is 5.10 Å². The van der Waals surface area contributed by atoms with E-state index in [1.807, 2.05) is 66.7 Å². The minimum atomic E-state index is -4.67. The van der Waals surface area contributed by atoms with Gasteiger partial charge in [0.25, 0.3) is 0 Å². The zero-order valence-electron chi connectivity index (χ0n) is 20.6. The summed E-state index contributed by atoms with van der Waals surface area (Å²) in [6, 6.07) is 18.5. The van der Waals surface area contributed by atoms with Gasteiger partial charge in [-0.2, -0.15) is 13.5 Å². The lowest BCUT2D eigenvalue weighted by Gasteiger charge is -2.36. The number of nitrogens with zero attached hydrogens (tertiary/aromatic N) is 2. The normalized spacial score (nSPS) is 22.6. The SMILES string of the molecule is C1=Cc2ccccc2NN=C1.CN1[C@@H]2CC[C@H]1C[C@@H](OC(=O)[C@H](CO)c1ccccc1)C2.O=S(=O)(O)O. The number of aliphatic hydroxyl groups is 1. The topological polar surface area (TPSA) is 149 Å². The van der Waals surface area contributed by atoms with Crippen LogP contribution < -0.4 is 5.43 Å². The molecular weight excluding hydrogens is 498 g/mol. The molecule has 3 aliphatic rings. The predicted molar refractivity (Wildman–Crippen MR) is 142 cm³/mol. The van der Waals surface area contributed by atoms with Gasteiger partial charge in [-0.15, -0.1) is 0 Å². The third-order valence-electron chi connectivity index (χ3n) is 6.59. The summed E-state index contributed by atoms with van der Waals surface area (Å²) in [6.07, 6.45) is 9.94. The van der Waals surface area contributed by atoms with Gasteiger partial charge in [0.2, 0.25) is 0 Å². The van der Waals surface area contributed by atoms with Gasteiger partial charge in [0.05, 0.1) is 12.3 Å². The van der Waals surface area contributed by atoms with E-state index in [9.17, 15) is 9.90 Å². The van der Waals surface area contributed by atoms with Crippen molar-refractivity contribution < 1.29 is 32.2 Å². The van der Waals surface area contributed by atoms with Gasteiger partial charge in [-0.25, -0.2) is 0 Å². The van der Waals surface area contributed by atoms with E-state index in [0.717, 1.165) is 24.1 Å². The van der Waals surface area contributed by atoms with Crippen LogP contribution in [0.15, 0.2) is 65.8 Å². The van der Waals surface area contributed by atoms with Crippen molar-refractivity contribution in [2.75, 3.05) is 19.1 Å². The number of rotatable bonds is 4. The Labute approximate surface area is 217 Å². The highest BCUT2D eigenvalue weighted by Gasteiger charge is 2.40. The molecule has 4 N–H and O–H groups in total. The summed E-state index contributed by atoms with van der Waals surface area (Å²) in [6.45, 7) is -0.206. The first kappa shape index (κ1) is 28.5. The molecule has 0 spiro atoms. The van der Waals surface area contributed by atoms with Gasteiger partial charge in [-0.1, -0.05) is 54.6 Å². The first-order valence-electron chi connectivity index (χ1n) is 12.0. The van der Waals surface area contributed by atoms with Crippen molar-refractivity contribution in [1.29, 1.82) is 0 Å². The van der Waals surface area contributed by atoms with Crippen LogP contribution in [0.4, 0.5) is 5.69 Å². The molecule has 2 fully saturated rings. The summed E-state index contributed by atoms with van der Waals surface area (Å²) in [5, 5.41) is 13.5. The van der Waals surface area contributed by atoms with Gasteiger partial charge in [0, 0.05) is 18.3 Å². The van der Waals surface area contributed by atoms with Gasteiger partial charge in [0.1, 0.15) is 12.0 Å². The number of nitrogens with one attached hydrogen (secondary N) is 1. The Morgan fingerprint density at radius 2 is 1.68 bits per heavy atom. The molecule has 2 aromatic rings. The fourth-order valence-electron chi connectivity index (χ4n) is 4.75. The van der Waals surface area contributed by atoms with E-state index in [0.29, 0.717) is 12.1 Å². The summed E-state index contributed by atoms with van der Waals surface area (Å²) in [4.78, 5) is 14.8. The number of para-hydroxylation sites is 1. The summed E-state index contributed by atoms with van der Waals surface area (Å²) in [5.41, 5.74) is 5.98. The van der Waals surface area contributed by atoms with E-state index in [4.69, 9.17) is 22.3 Å². The number of esters is 1. The number of carbonyl (C=O) groups is 1. The molecule has 3 heterocycles. The maximum atomic E-state index is 12.4. The molecule has 37 heavy (non-hydrogen) atoms. The van der Waals surface area contributed by atoms with E-state index in [1.165, 1.54) is 18.4 Å². The molecule has 5 rings (SSSR count). The molecule has 200 valence electrons. The van der Waals surface area contributed by atoms with Crippen molar-refractivity contribution >= 4 is 34.3 Å². The van der Waals surface area contributed by atoms with Crippen molar-refractivity contribution in [1.82, 2.24) is 4.90 Å². The summed E-state index contributed by atoms with van der Waals surface area (Å²) in [7, 11) is -2.50. The molecule has 4 atom stereocenters. The Balaban J connectivity index is 0.000000197.